The van der Waals surface area contributed by atoms with Crippen molar-refractivity contribution in [1.82, 2.24) is 20.2 Å². The predicted molar refractivity (Wildman–Crippen MR) is 102 cm³/mol. The molecule has 2 heterocycles. The average Bonchev–Trinajstić information content (AvgIpc) is 2.62. The summed E-state index contributed by atoms with van der Waals surface area (Å²) in [6, 6.07) is 10.9. The average molecular weight is 411 g/mol. The number of H-pyrrole nitrogens is 1. The van der Waals surface area contributed by atoms with Crippen LogP contribution in [0.5, 0.6) is 0 Å². The normalized spacial score (nSPS) is 10.7. The monoisotopic (exact) mass is 410 g/mol. The molecular formula is C18H15BrN6O. The Labute approximate surface area is 158 Å². The van der Waals surface area contributed by atoms with Crippen LogP contribution in [0.2, 0.25) is 0 Å². The molecule has 3 N–H and O–H groups in total. The number of aromatic amines is 1. The maximum atomic E-state index is 11.7. The van der Waals surface area contributed by atoms with Crippen LogP contribution in [-0.2, 0) is 0 Å². The summed E-state index contributed by atoms with van der Waals surface area (Å²) in [6.45, 7) is 3.91. The van der Waals surface area contributed by atoms with Crippen molar-refractivity contribution >= 4 is 21.7 Å². The highest BCUT2D eigenvalue weighted by Gasteiger charge is 2.21. The van der Waals surface area contributed by atoms with Gasteiger partial charge in [0.15, 0.2) is 11.5 Å². The largest absolute Gasteiger partial charge is 0.381 e. The van der Waals surface area contributed by atoms with E-state index in [1.54, 1.807) is 0 Å². The Morgan fingerprint density at radius 2 is 1.92 bits per heavy atom. The first kappa shape index (κ1) is 17.8. The molecule has 2 aromatic heterocycles. The molecule has 0 bridgehead atoms. The third kappa shape index (κ3) is 3.21. The number of aromatic nitrogens is 4. The van der Waals surface area contributed by atoms with E-state index in [1.165, 1.54) is 6.07 Å². The SMILES string of the molecule is CC(C)c1cc(=O)[nH]nc1-c1nc(N)c(C#N)nc1-c1ccccc1Br. The van der Waals surface area contributed by atoms with Gasteiger partial charge in [0.2, 0.25) is 0 Å². The maximum Gasteiger partial charge on any atom is 0.264 e. The van der Waals surface area contributed by atoms with Gasteiger partial charge in [-0.05, 0) is 17.5 Å². The molecule has 0 aliphatic rings. The molecule has 7 nitrogen and oxygen atoms in total. The molecule has 26 heavy (non-hydrogen) atoms. The Morgan fingerprint density at radius 3 is 2.58 bits per heavy atom. The Balaban J connectivity index is 2.40. The summed E-state index contributed by atoms with van der Waals surface area (Å²) in [5.41, 5.74) is 8.46. The van der Waals surface area contributed by atoms with E-state index in [0.717, 1.165) is 15.6 Å². The first-order valence-corrected chi connectivity index (χ1v) is 8.64. The minimum Gasteiger partial charge on any atom is -0.381 e. The van der Waals surface area contributed by atoms with Gasteiger partial charge in [-0.2, -0.15) is 10.4 Å². The van der Waals surface area contributed by atoms with Gasteiger partial charge in [-0.1, -0.05) is 48.0 Å². The Morgan fingerprint density at radius 1 is 1.19 bits per heavy atom. The molecule has 0 aliphatic carbocycles. The fourth-order valence-electron chi connectivity index (χ4n) is 2.58. The van der Waals surface area contributed by atoms with Gasteiger partial charge in [-0.15, -0.1) is 0 Å². The van der Waals surface area contributed by atoms with E-state index in [4.69, 9.17) is 5.73 Å². The summed E-state index contributed by atoms with van der Waals surface area (Å²) in [6.07, 6.45) is 0. The lowest BCUT2D eigenvalue weighted by molar-refractivity contribution is 0.835. The number of rotatable bonds is 3. The van der Waals surface area contributed by atoms with Crippen molar-refractivity contribution in [2.75, 3.05) is 5.73 Å². The second-order valence-electron chi connectivity index (χ2n) is 5.94. The standard InChI is InChI=1S/C18H15BrN6O/c1-9(2)11-7-14(26)24-25-16(11)17-15(10-5-3-4-6-12(10)19)22-13(8-20)18(21)23-17/h3-7,9H,1-2H3,(H2,21,23)(H,24,26). The fourth-order valence-corrected chi connectivity index (χ4v) is 3.06. The molecule has 3 rings (SSSR count). The summed E-state index contributed by atoms with van der Waals surface area (Å²) in [5.74, 6) is 0.0477. The number of nitrogens with two attached hydrogens (primary N) is 1. The van der Waals surface area contributed by atoms with Crippen LogP contribution in [0.25, 0.3) is 22.6 Å². The number of hydrogen-bond acceptors (Lipinski definition) is 6. The van der Waals surface area contributed by atoms with Crippen LogP contribution in [0.15, 0.2) is 39.6 Å². The third-order valence-electron chi connectivity index (χ3n) is 3.84. The number of anilines is 1. The lowest BCUT2D eigenvalue weighted by Gasteiger charge is -2.15. The Bertz CT molecular complexity index is 1080. The van der Waals surface area contributed by atoms with Gasteiger partial charge >= 0.3 is 0 Å². The smallest absolute Gasteiger partial charge is 0.264 e. The molecule has 0 unspecified atom stereocenters. The number of nitrogens with zero attached hydrogens (tertiary/aromatic N) is 4. The van der Waals surface area contributed by atoms with Crippen LogP contribution in [-0.4, -0.2) is 20.2 Å². The Kier molecular flexibility index (Phi) is 4.82. The van der Waals surface area contributed by atoms with Crippen LogP contribution in [0.1, 0.15) is 31.0 Å². The van der Waals surface area contributed by atoms with E-state index in [0.29, 0.717) is 17.1 Å². The van der Waals surface area contributed by atoms with Crippen molar-refractivity contribution < 1.29 is 0 Å². The molecule has 0 spiro atoms. The van der Waals surface area contributed by atoms with E-state index in [1.807, 2.05) is 44.2 Å². The van der Waals surface area contributed by atoms with Crippen molar-refractivity contribution in [3.05, 3.63) is 56.4 Å². The fraction of sp³-hybridized carbons (Fsp3) is 0.167. The summed E-state index contributed by atoms with van der Waals surface area (Å²) in [7, 11) is 0. The summed E-state index contributed by atoms with van der Waals surface area (Å²) in [4.78, 5) is 20.5. The molecule has 3 aromatic rings. The molecule has 0 amide bonds. The van der Waals surface area contributed by atoms with Crippen molar-refractivity contribution in [3.63, 3.8) is 0 Å². The second-order valence-corrected chi connectivity index (χ2v) is 6.79. The van der Waals surface area contributed by atoms with Crippen molar-refractivity contribution in [2.45, 2.75) is 19.8 Å². The zero-order valence-electron chi connectivity index (χ0n) is 14.1. The molecule has 0 saturated heterocycles. The number of nitrogen functional groups attached to an aromatic ring is 1. The third-order valence-corrected chi connectivity index (χ3v) is 4.53. The minimum absolute atomic E-state index is 0.0148. The van der Waals surface area contributed by atoms with Crippen molar-refractivity contribution in [2.24, 2.45) is 0 Å². The number of nitrogens with one attached hydrogen (secondary N) is 1. The lowest BCUT2D eigenvalue weighted by Crippen LogP contribution is -2.13. The van der Waals surface area contributed by atoms with Crippen LogP contribution >= 0.6 is 15.9 Å². The number of halogens is 1. The zero-order chi connectivity index (χ0) is 18.8. The molecule has 1 aromatic carbocycles. The van der Waals surface area contributed by atoms with E-state index in [9.17, 15) is 10.1 Å². The van der Waals surface area contributed by atoms with Crippen molar-refractivity contribution in [3.8, 4) is 28.7 Å². The quantitative estimate of drug-likeness (QED) is 0.683. The van der Waals surface area contributed by atoms with Crippen LogP contribution in [0.3, 0.4) is 0 Å². The number of hydrogen-bond donors (Lipinski definition) is 2. The highest BCUT2D eigenvalue weighted by molar-refractivity contribution is 9.10. The molecule has 0 radical (unpaired) electrons. The van der Waals surface area contributed by atoms with E-state index < -0.39 is 0 Å². The van der Waals surface area contributed by atoms with Gasteiger partial charge in [-0.3, -0.25) is 4.79 Å². The zero-order valence-corrected chi connectivity index (χ0v) is 15.7. The second kappa shape index (κ2) is 7.06. The summed E-state index contributed by atoms with van der Waals surface area (Å²) in [5, 5.41) is 15.9. The summed E-state index contributed by atoms with van der Waals surface area (Å²) < 4.78 is 0.791. The first-order valence-electron chi connectivity index (χ1n) is 7.85. The van der Waals surface area contributed by atoms with Crippen LogP contribution in [0, 0.1) is 11.3 Å². The highest BCUT2D eigenvalue weighted by Crippen LogP contribution is 2.36. The van der Waals surface area contributed by atoms with E-state index >= 15 is 0 Å². The Hall–Kier alpha value is -3.05. The molecule has 0 saturated carbocycles. The van der Waals surface area contributed by atoms with Gasteiger partial charge in [0.25, 0.3) is 5.56 Å². The molecule has 130 valence electrons. The number of nitriles is 1. The predicted octanol–water partition coefficient (Wildman–Crippen LogP) is 3.23. The molecule has 0 atom stereocenters. The van der Waals surface area contributed by atoms with Crippen LogP contribution < -0.4 is 11.3 Å². The summed E-state index contributed by atoms with van der Waals surface area (Å²) >= 11 is 3.50. The lowest BCUT2D eigenvalue weighted by atomic mass is 9.98. The van der Waals surface area contributed by atoms with E-state index in [-0.39, 0.29) is 23.0 Å². The van der Waals surface area contributed by atoms with Gasteiger partial charge < -0.3 is 5.73 Å². The highest BCUT2D eigenvalue weighted by atomic mass is 79.9. The van der Waals surface area contributed by atoms with E-state index in [2.05, 4.69) is 36.1 Å². The first-order chi connectivity index (χ1) is 12.4. The van der Waals surface area contributed by atoms with Crippen LogP contribution in [0.4, 0.5) is 5.82 Å². The van der Waals surface area contributed by atoms with Gasteiger partial charge in [0.05, 0.1) is 0 Å². The molecular weight excluding hydrogens is 396 g/mol. The molecule has 8 heteroatoms. The van der Waals surface area contributed by atoms with Gasteiger partial charge in [0, 0.05) is 16.1 Å². The van der Waals surface area contributed by atoms with Gasteiger partial charge in [-0.25, -0.2) is 15.1 Å². The van der Waals surface area contributed by atoms with Crippen molar-refractivity contribution in [1.29, 1.82) is 5.26 Å². The maximum absolute atomic E-state index is 11.7. The van der Waals surface area contributed by atoms with Gasteiger partial charge in [0.1, 0.15) is 23.2 Å². The molecule has 0 fully saturated rings. The number of benzene rings is 1. The minimum atomic E-state index is -0.297. The molecule has 0 aliphatic heterocycles. The topological polar surface area (TPSA) is 121 Å².